The second-order valence-corrected chi connectivity index (χ2v) is 4.97. The molecule has 4 nitrogen and oxygen atoms in total. The molecular formula is C12H17N3OS. The molecule has 0 saturated carbocycles. The molecule has 17 heavy (non-hydrogen) atoms. The highest BCUT2D eigenvalue weighted by atomic mass is 32.1. The molecule has 0 fully saturated rings. The zero-order chi connectivity index (χ0) is 12.3. The number of rotatable bonds is 5. The molecule has 0 aliphatic carbocycles. The largest absolute Gasteiger partial charge is 0.467 e. The summed E-state index contributed by atoms with van der Waals surface area (Å²) in [6.45, 7) is 5.72. The molecule has 5 heteroatoms. The van der Waals surface area contributed by atoms with Crippen LogP contribution in [0, 0.1) is 0 Å². The van der Waals surface area contributed by atoms with Crippen LogP contribution in [0.4, 0.5) is 5.13 Å². The maximum absolute atomic E-state index is 5.84. The third-order valence-corrected chi connectivity index (χ3v) is 3.80. The van der Waals surface area contributed by atoms with Gasteiger partial charge < -0.3 is 15.1 Å². The van der Waals surface area contributed by atoms with Crippen molar-refractivity contribution < 1.29 is 4.42 Å². The maximum atomic E-state index is 5.84. The quantitative estimate of drug-likeness (QED) is 0.887. The Balaban J connectivity index is 2.11. The predicted molar refractivity (Wildman–Crippen MR) is 70.1 cm³/mol. The number of hydrogen-bond acceptors (Lipinski definition) is 5. The third-order valence-electron chi connectivity index (χ3n) is 2.54. The molecule has 0 aliphatic heterocycles. The van der Waals surface area contributed by atoms with E-state index in [0.29, 0.717) is 0 Å². The number of hydrogen-bond donors (Lipinski definition) is 1. The number of nitrogens with two attached hydrogens (primary N) is 1. The van der Waals surface area contributed by atoms with E-state index in [0.717, 1.165) is 28.9 Å². The first-order valence-electron chi connectivity index (χ1n) is 5.69. The molecule has 0 saturated heterocycles. The number of aromatic nitrogens is 1. The van der Waals surface area contributed by atoms with Crippen LogP contribution in [-0.4, -0.2) is 11.5 Å². The summed E-state index contributed by atoms with van der Waals surface area (Å²) in [5.41, 5.74) is 5.84. The fourth-order valence-electron chi connectivity index (χ4n) is 1.54. The summed E-state index contributed by atoms with van der Waals surface area (Å²) in [6.07, 6.45) is 3.55. The van der Waals surface area contributed by atoms with Gasteiger partial charge in [-0.05, 0) is 26.0 Å². The SMILES string of the molecule is CCN(Cc1ccco1)c1ncc(C(C)N)s1. The van der Waals surface area contributed by atoms with Crippen LogP contribution < -0.4 is 10.6 Å². The Kier molecular flexibility index (Phi) is 3.81. The molecular weight excluding hydrogens is 234 g/mol. The summed E-state index contributed by atoms with van der Waals surface area (Å²) in [7, 11) is 0. The Morgan fingerprint density at radius 1 is 1.59 bits per heavy atom. The van der Waals surface area contributed by atoms with Gasteiger partial charge in [0.25, 0.3) is 0 Å². The van der Waals surface area contributed by atoms with E-state index in [-0.39, 0.29) is 6.04 Å². The summed E-state index contributed by atoms with van der Waals surface area (Å²) in [4.78, 5) is 7.70. The highest BCUT2D eigenvalue weighted by Crippen LogP contribution is 2.27. The highest BCUT2D eigenvalue weighted by molar-refractivity contribution is 7.15. The molecule has 2 N–H and O–H groups in total. The van der Waals surface area contributed by atoms with Crippen molar-refractivity contribution in [2.75, 3.05) is 11.4 Å². The van der Waals surface area contributed by atoms with Gasteiger partial charge in [0.05, 0.1) is 12.8 Å². The van der Waals surface area contributed by atoms with Gasteiger partial charge in [0.2, 0.25) is 0 Å². The standard InChI is InChI=1S/C12H17N3OS/c1-3-15(8-10-5-4-6-16-10)12-14-7-11(17-12)9(2)13/h4-7,9H,3,8,13H2,1-2H3. The minimum Gasteiger partial charge on any atom is -0.467 e. The first kappa shape index (κ1) is 12.1. The maximum Gasteiger partial charge on any atom is 0.185 e. The topological polar surface area (TPSA) is 55.3 Å². The van der Waals surface area contributed by atoms with Gasteiger partial charge in [0.15, 0.2) is 5.13 Å². The smallest absolute Gasteiger partial charge is 0.185 e. The summed E-state index contributed by atoms with van der Waals surface area (Å²) >= 11 is 1.64. The van der Waals surface area contributed by atoms with Crippen LogP contribution in [0.25, 0.3) is 0 Å². The molecule has 0 amide bonds. The minimum atomic E-state index is 0.0450. The molecule has 1 atom stereocenters. The Morgan fingerprint density at radius 2 is 2.41 bits per heavy atom. The lowest BCUT2D eigenvalue weighted by Gasteiger charge is -2.18. The van der Waals surface area contributed by atoms with Gasteiger partial charge in [-0.3, -0.25) is 0 Å². The summed E-state index contributed by atoms with van der Waals surface area (Å²) in [5.74, 6) is 0.949. The van der Waals surface area contributed by atoms with Crippen molar-refractivity contribution in [3.63, 3.8) is 0 Å². The van der Waals surface area contributed by atoms with E-state index in [2.05, 4.69) is 16.8 Å². The molecule has 2 aromatic rings. The average molecular weight is 251 g/mol. The number of furan rings is 1. The van der Waals surface area contributed by atoms with E-state index in [9.17, 15) is 0 Å². The zero-order valence-electron chi connectivity index (χ0n) is 10.1. The van der Waals surface area contributed by atoms with Gasteiger partial charge in [0, 0.05) is 23.7 Å². The Labute approximate surface area is 105 Å². The normalized spacial score (nSPS) is 12.6. The molecule has 2 rings (SSSR count). The molecule has 0 bridgehead atoms. The van der Waals surface area contributed by atoms with Crippen molar-refractivity contribution in [1.29, 1.82) is 0 Å². The molecule has 0 aromatic carbocycles. The predicted octanol–water partition coefficient (Wildman–Crippen LogP) is 2.78. The van der Waals surface area contributed by atoms with Crippen LogP contribution in [0.1, 0.15) is 30.5 Å². The molecule has 92 valence electrons. The Hall–Kier alpha value is -1.33. The lowest BCUT2D eigenvalue weighted by molar-refractivity contribution is 0.503. The summed E-state index contributed by atoms with van der Waals surface area (Å²) in [5, 5.41) is 0.996. The molecule has 2 aromatic heterocycles. The van der Waals surface area contributed by atoms with E-state index < -0.39 is 0 Å². The van der Waals surface area contributed by atoms with Crippen molar-refractivity contribution in [3.05, 3.63) is 35.2 Å². The zero-order valence-corrected chi connectivity index (χ0v) is 10.9. The minimum absolute atomic E-state index is 0.0450. The van der Waals surface area contributed by atoms with Gasteiger partial charge in [-0.1, -0.05) is 0 Å². The third kappa shape index (κ3) is 2.87. The van der Waals surface area contributed by atoms with Crippen molar-refractivity contribution in [2.24, 2.45) is 5.73 Å². The van der Waals surface area contributed by atoms with E-state index in [1.54, 1.807) is 17.6 Å². The fraction of sp³-hybridized carbons (Fsp3) is 0.417. The van der Waals surface area contributed by atoms with Crippen LogP contribution in [0.3, 0.4) is 0 Å². The van der Waals surface area contributed by atoms with Gasteiger partial charge in [-0.25, -0.2) is 4.98 Å². The van der Waals surface area contributed by atoms with Crippen molar-refractivity contribution in [3.8, 4) is 0 Å². The lowest BCUT2D eigenvalue weighted by atomic mass is 10.3. The average Bonchev–Trinajstić information content (AvgIpc) is 2.96. The van der Waals surface area contributed by atoms with Crippen molar-refractivity contribution >= 4 is 16.5 Å². The fourth-order valence-corrected chi connectivity index (χ4v) is 2.47. The van der Waals surface area contributed by atoms with Gasteiger partial charge in [-0.15, -0.1) is 11.3 Å². The van der Waals surface area contributed by atoms with Crippen LogP contribution >= 0.6 is 11.3 Å². The van der Waals surface area contributed by atoms with Crippen LogP contribution in [0.2, 0.25) is 0 Å². The molecule has 0 radical (unpaired) electrons. The number of nitrogens with zero attached hydrogens (tertiary/aromatic N) is 2. The summed E-state index contributed by atoms with van der Waals surface area (Å²) in [6, 6.07) is 3.92. The van der Waals surface area contributed by atoms with Crippen molar-refractivity contribution in [1.82, 2.24) is 4.98 Å². The Bertz CT molecular complexity index is 450. The Morgan fingerprint density at radius 3 is 2.94 bits per heavy atom. The van der Waals surface area contributed by atoms with Crippen LogP contribution in [0.5, 0.6) is 0 Å². The van der Waals surface area contributed by atoms with Gasteiger partial charge >= 0.3 is 0 Å². The van der Waals surface area contributed by atoms with Crippen molar-refractivity contribution in [2.45, 2.75) is 26.4 Å². The van der Waals surface area contributed by atoms with Gasteiger partial charge in [0.1, 0.15) is 5.76 Å². The number of thiazole rings is 1. The molecule has 0 spiro atoms. The first-order valence-corrected chi connectivity index (χ1v) is 6.51. The second kappa shape index (κ2) is 5.33. The van der Waals surface area contributed by atoms with Crippen LogP contribution in [-0.2, 0) is 6.54 Å². The van der Waals surface area contributed by atoms with E-state index in [1.165, 1.54) is 0 Å². The van der Waals surface area contributed by atoms with E-state index in [4.69, 9.17) is 10.2 Å². The molecule has 0 aliphatic rings. The van der Waals surface area contributed by atoms with E-state index >= 15 is 0 Å². The van der Waals surface area contributed by atoms with Gasteiger partial charge in [-0.2, -0.15) is 0 Å². The second-order valence-electron chi connectivity index (χ2n) is 3.93. The molecule has 2 heterocycles. The first-order chi connectivity index (χ1) is 8.20. The van der Waals surface area contributed by atoms with E-state index in [1.807, 2.05) is 25.3 Å². The van der Waals surface area contributed by atoms with Crippen LogP contribution in [0.15, 0.2) is 29.0 Å². The monoisotopic (exact) mass is 251 g/mol. The summed E-state index contributed by atoms with van der Waals surface area (Å²) < 4.78 is 5.35. The highest BCUT2D eigenvalue weighted by Gasteiger charge is 2.12. The molecule has 1 unspecified atom stereocenters. The number of anilines is 1. The lowest BCUT2D eigenvalue weighted by Crippen LogP contribution is -2.21.